The number of benzene rings is 2. The zero-order valence-corrected chi connectivity index (χ0v) is 26.0. The summed E-state index contributed by atoms with van der Waals surface area (Å²) < 4.78 is 40.8. The third-order valence-corrected chi connectivity index (χ3v) is 8.94. The summed E-state index contributed by atoms with van der Waals surface area (Å²) in [5, 5.41) is 40.6. The van der Waals surface area contributed by atoms with Crippen LogP contribution in [0, 0.1) is 0 Å². The van der Waals surface area contributed by atoms with E-state index in [9.17, 15) is 24.9 Å². The molecule has 7 rings (SSSR count). The van der Waals surface area contributed by atoms with Crippen molar-refractivity contribution in [2.24, 2.45) is 4.99 Å². The maximum Gasteiger partial charge on any atom is 0.317 e. The normalized spacial score (nSPS) is 27.8. The molecule has 2 aromatic rings. The zero-order valence-electron chi connectivity index (χ0n) is 26.0. The molecule has 0 bridgehead atoms. The molecule has 0 aliphatic carbocycles. The quantitative estimate of drug-likeness (QED) is 0.209. The number of carboxylic acid groups (broad SMARTS) is 1. The van der Waals surface area contributed by atoms with Gasteiger partial charge in [0.25, 0.3) is 0 Å². The number of hydrogen-bond donors (Lipinski definition) is 4. The van der Waals surface area contributed by atoms with Gasteiger partial charge in [-0.1, -0.05) is 6.07 Å². The van der Waals surface area contributed by atoms with Crippen LogP contribution < -0.4 is 23.7 Å². The van der Waals surface area contributed by atoms with Gasteiger partial charge in [-0.2, -0.15) is 0 Å². The molecule has 7 atom stereocenters. The van der Waals surface area contributed by atoms with Crippen LogP contribution in [-0.4, -0.2) is 108 Å². The Labute approximate surface area is 274 Å². The Morgan fingerprint density at radius 3 is 2.67 bits per heavy atom. The lowest BCUT2D eigenvalue weighted by molar-refractivity contribution is -0.278. The Kier molecular flexibility index (Phi) is 8.37. The summed E-state index contributed by atoms with van der Waals surface area (Å²) in [6, 6.07) is 7.19. The fourth-order valence-electron chi connectivity index (χ4n) is 6.63. The second-order valence-corrected chi connectivity index (χ2v) is 11.9. The summed E-state index contributed by atoms with van der Waals surface area (Å²) in [7, 11) is 3.12. The molecule has 15 nitrogen and oxygen atoms in total. The molecule has 0 amide bonds. The number of aliphatic hydroxyl groups is 3. The number of nitrogens with zero attached hydrogens (tertiary/aromatic N) is 2. The van der Waals surface area contributed by atoms with Gasteiger partial charge in [0.05, 0.1) is 32.4 Å². The lowest BCUT2D eigenvalue weighted by Crippen LogP contribution is -2.60. The number of aliphatic carboxylic acids is 1. The summed E-state index contributed by atoms with van der Waals surface area (Å²) in [4.78, 5) is 29.1. The Hall–Kier alpha value is -4.83. The van der Waals surface area contributed by atoms with E-state index in [2.05, 4.69) is 9.89 Å². The SMILES string of the molecule is COc1ccc2c(c1OC)O[C@H]1c3c(CN4C=C5N=CC=C5C4)cc(O[C@@H]4O[C@H](COC(=O)CC(=O)O)[C@@H](O)[C@H](O)[C@H]4O)cc3OC[C@@H]21. The second kappa shape index (κ2) is 12.6. The van der Waals surface area contributed by atoms with E-state index in [1.807, 2.05) is 24.4 Å². The summed E-state index contributed by atoms with van der Waals surface area (Å²) in [6.45, 7) is 0.759. The molecule has 5 aliphatic rings. The van der Waals surface area contributed by atoms with E-state index >= 15 is 0 Å². The molecule has 48 heavy (non-hydrogen) atoms. The first-order valence-corrected chi connectivity index (χ1v) is 15.3. The minimum atomic E-state index is -1.72. The van der Waals surface area contributed by atoms with E-state index in [-0.39, 0.29) is 18.3 Å². The van der Waals surface area contributed by atoms with Crippen LogP contribution in [0.2, 0.25) is 0 Å². The van der Waals surface area contributed by atoms with E-state index in [1.54, 1.807) is 32.6 Å². The van der Waals surface area contributed by atoms with Crippen molar-refractivity contribution >= 4 is 18.2 Å². The van der Waals surface area contributed by atoms with Crippen molar-refractivity contribution < 1.29 is 63.2 Å². The lowest BCUT2D eigenvalue weighted by atomic mass is 9.86. The Morgan fingerprint density at radius 1 is 1.08 bits per heavy atom. The van der Waals surface area contributed by atoms with Crippen LogP contribution in [0.3, 0.4) is 0 Å². The summed E-state index contributed by atoms with van der Waals surface area (Å²) in [6.07, 6.45) is -3.48. The standard InChI is InChI=1S/C33H34N2O13/c1-42-21-4-3-18-19-13-44-22-8-17(46-33-29(41)28(40)27(39)23(47-33)14-45-25(38)9-24(36)37)7-16(11-35-10-15-5-6-34-20(15)12-35)26(22)30(19)48-31(18)32(21)43-2/h3-8,12,19,23,27-30,33,39-41H,9-11,13-14H2,1-2H3,(H,36,37)/t19-,23+,27+,28-,29+,30+,33+/m0/s1. The van der Waals surface area contributed by atoms with E-state index in [4.69, 9.17) is 38.3 Å². The van der Waals surface area contributed by atoms with Gasteiger partial charge in [-0.25, -0.2) is 0 Å². The number of aliphatic imine (C=N–C) groups is 1. The van der Waals surface area contributed by atoms with Crippen molar-refractivity contribution in [3.63, 3.8) is 0 Å². The van der Waals surface area contributed by atoms with E-state index < -0.39 is 61.8 Å². The highest BCUT2D eigenvalue weighted by molar-refractivity contribution is 5.90. The molecule has 5 heterocycles. The molecular formula is C33H34N2O13. The molecule has 0 aromatic heterocycles. The summed E-state index contributed by atoms with van der Waals surface area (Å²) >= 11 is 0. The number of carbonyl (C=O) groups is 2. The number of rotatable bonds is 10. The minimum absolute atomic E-state index is 0.147. The first-order chi connectivity index (χ1) is 23.1. The van der Waals surface area contributed by atoms with Crippen molar-refractivity contribution in [2.45, 2.75) is 55.7 Å². The van der Waals surface area contributed by atoms with Crippen molar-refractivity contribution in [3.8, 4) is 28.7 Å². The van der Waals surface area contributed by atoms with Gasteiger partial charge in [-0.3, -0.25) is 14.6 Å². The Balaban J connectivity index is 1.19. The number of aliphatic hydroxyl groups excluding tert-OH is 3. The van der Waals surface area contributed by atoms with Crippen molar-refractivity contribution in [1.29, 1.82) is 0 Å². The molecule has 1 fully saturated rings. The number of ether oxygens (including phenoxy) is 7. The Bertz CT molecular complexity index is 1720. The topological polar surface area (TPSA) is 195 Å². The molecule has 1 saturated heterocycles. The van der Waals surface area contributed by atoms with Crippen LogP contribution in [0.4, 0.5) is 0 Å². The van der Waals surface area contributed by atoms with Gasteiger partial charge >= 0.3 is 11.9 Å². The van der Waals surface area contributed by atoms with Gasteiger partial charge in [0.2, 0.25) is 12.0 Å². The number of methoxy groups -OCH3 is 2. The van der Waals surface area contributed by atoms with Crippen LogP contribution in [0.15, 0.2) is 52.8 Å². The zero-order chi connectivity index (χ0) is 33.7. The molecule has 0 radical (unpaired) electrons. The largest absolute Gasteiger partial charge is 0.493 e. The average molecular weight is 667 g/mol. The fraction of sp³-hybridized carbons (Fsp3) is 0.424. The second-order valence-electron chi connectivity index (χ2n) is 11.9. The van der Waals surface area contributed by atoms with Crippen LogP contribution in [0.5, 0.6) is 28.7 Å². The molecule has 5 aliphatic heterocycles. The number of allylic oxidation sites excluding steroid dienone is 1. The monoisotopic (exact) mass is 666 g/mol. The van der Waals surface area contributed by atoms with Gasteiger partial charge in [0.15, 0.2) is 11.5 Å². The molecule has 0 spiro atoms. The lowest BCUT2D eigenvalue weighted by Gasteiger charge is -2.40. The van der Waals surface area contributed by atoms with Gasteiger partial charge in [-0.05, 0) is 23.8 Å². The first-order valence-electron chi connectivity index (χ1n) is 15.3. The molecule has 254 valence electrons. The molecule has 4 N–H and O–H groups in total. The predicted molar refractivity (Wildman–Crippen MR) is 163 cm³/mol. The number of carbonyl (C=O) groups excluding carboxylic acids is 1. The van der Waals surface area contributed by atoms with Crippen LogP contribution in [0.25, 0.3) is 0 Å². The van der Waals surface area contributed by atoms with Gasteiger partial charge in [0.1, 0.15) is 55.0 Å². The smallest absolute Gasteiger partial charge is 0.317 e. The van der Waals surface area contributed by atoms with Crippen molar-refractivity contribution in [1.82, 2.24) is 4.90 Å². The maximum atomic E-state index is 11.8. The van der Waals surface area contributed by atoms with Crippen LogP contribution in [0.1, 0.15) is 35.1 Å². The number of fused-ring (bicyclic) bond motifs is 6. The van der Waals surface area contributed by atoms with Crippen LogP contribution >= 0.6 is 0 Å². The number of carboxylic acids is 1. The first kappa shape index (κ1) is 31.8. The van der Waals surface area contributed by atoms with Gasteiger partial charge in [-0.15, -0.1) is 0 Å². The van der Waals surface area contributed by atoms with Crippen LogP contribution in [-0.2, 0) is 25.6 Å². The molecule has 0 unspecified atom stereocenters. The Morgan fingerprint density at radius 2 is 1.92 bits per heavy atom. The third kappa shape index (κ3) is 5.68. The average Bonchev–Trinajstić information content (AvgIpc) is 3.77. The highest BCUT2D eigenvalue weighted by atomic mass is 16.7. The number of esters is 1. The molecular weight excluding hydrogens is 632 g/mol. The molecule has 2 aromatic carbocycles. The maximum absolute atomic E-state index is 11.8. The number of hydrogen-bond acceptors (Lipinski definition) is 14. The predicted octanol–water partition coefficient (Wildman–Crippen LogP) is 1.19. The minimum Gasteiger partial charge on any atom is -0.493 e. The summed E-state index contributed by atoms with van der Waals surface area (Å²) in [5.41, 5.74) is 4.49. The highest BCUT2D eigenvalue weighted by Gasteiger charge is 2.47. The van der Waals surface area contributed by atoms with Crippen molar-refractivity contribution in [2.75, 3.05) is 34.0 Å². The van der Waals surface area contributed by atoms with E-state index in [0.29, 0.717) is 36.1 Å². The van der Waals surface area contributed by atoms with E-state index in [0.717, 1.165) is 28.0 Å². The van der Waals surface area contributed by atoms with Gasteiger partial charge < -0.3 is 58.5 Å². The molecule has 15 heteroatoms. The summed E-state index contributed by atoms with van der Waals surface area (Å²) in [5.74, 6) is -0.270. The van der Waals surface area contributed by atoms with Gasteiger partial charge in [0, 0.05) is 48.3 Å². The van der Waals surface area contributed by atoms with Crippen molar-refractivity contribution in [3.05, 3.63) is 64.5 Å². The highest BCUT2D eigenvalue weighted by Crippen LogP contribution is 2.57. The van der Waals surface area contributed by atoms with E-state index in [1.165, 1.54) is 0 Å². The molecule has 0 saturated carbocycles. The third-order valence-electron chi connectivity index (χ3n) is 8.94. The fourth-order valence-corrected chi connectivity index (χ4v) is 6.63.